The number of hydrogen-bond donors (Lipinski definition) is 1. The zero-order chi connectivity index (χ0) is 21.0. The predicted molar refractivity (Wildman–Crippen MR) is 109 cm³/mol. The van der Waals surface area contributed by atoms with Crippen molar-refractivity contribution in [3.63, 3.8) is 0 Å². The lowest BCUT2D eigenvalue weighted by Crippen LogP contribution is -2.29. The number of rotatable bonds is 6. The topological polar surface area (TPSA) is 119 Å². The summed E-state index contributed by atoms with van der Waals surface area (Å²) in [6.45, 7) is 2.28. The van der Waals surface area contributed by atoms with Crippen molar-refractivity contribution < 1.29 is 9.72 Å². The molecule has 3 aromatic rings. The van der Waals surface area contributed by atoms with Crippen LogP contribution in [0.5, 0.6) is 0 Å². The summed E-state index contributed by atoms with van der Waals surface area (Å²) in [5.41, 5.74) is 2.26. The lowest BCUT2D eigenvalue weighted by molar-refractivity contribution is -0.384. The molecule has 29 heavy (non-hydrogen) atoms. The third-order valence-corrected chi connectivity index (χ3v) is 4.38. The SMILES string of the molecule is CCCn1nc(C(=O)N/N=C\c2ccc(Cl)c([N+](=O)[O-])c2)c2ccccc2c1=O. The van der Waals surface area contributed by atoms with Gasteiger partial charge in [0.05, 0.1) is 16.5 Å². The van der Waals surface area contributed by atoms with Gasteiger partial charge < -0.3 is 0 Å². The Labute approximate surface area is 169 Å². The van der Waals surface area contributed by atoms with Crippen molar-refractivity contribution in [2.24, 2.45) is 5.10 Å². The maximum absolute atomic E-state index is 12.6. The first kappa shape index (κ1) is 20.2. The van der Waals surface area contributed by atoms with Crippen LogP contribution in [0.3, 0.4) is 0 Å². The minimum Gasteiger partial charge on any atom is -0.267 e. The fourth-order valence-electron chi connectivity index (χ4n) is 2.73. The molecule has 0 spiro atoms. The van der Waals surface area contributed by atoms with Crippen LogP contribution in [-0.4, -0.2) is 26.8 Å². The number of nitro benzene ring substituents is 1. The van der Waals surface area contributed by atoms with Crippen LogP contribution >= 0.6 is 11.6 Å². The van der Waals surface area contributed by atoms with Crippen LogP contribution in [0, 0.1) is 10.1 Å². The first-order valence-electron chi connectivity index (χ1n) is 8.69. The number of benzene rings is 2. The van der Waals surface area contributed by atoms with Gasteiger partial charge in [-0.05, 0) is 18.6 Å². The molecule has 0 aliphatic carbocycles. The molecule has 0 fully saturated rings. The zero-order valence-electron chi connectivity index (χ0n) is 15.3. The average molecular weight is 414 g/mol. The van der Waals surface area contributed by atoms with Crippen molar-refractivity contribution in [1.82, 2.24) is 15.2 Å². The summed E-state index contributed by atoms with van der Waals surface area (Å²) < 4.78 is 1.25. The van der Waals surface area contributed by atoms with E-state index in [2.05, 4.69) is 15.6 Å². The number of nitrogens with zero attached hydrogens (tertiary/aromatic N) is 4. The molecule has 0 aliphatic heterocycles. The number of nitro groups is 1. The van der Waals surface area contributed by atoms with Crippen LogP contribution in [0.15, 0.2) is 52.4 Å². The molecular formula is C19H16ClN5O4. The smallest absolute Gasteiger partial charge is 0.267 e. The number of fused-ring (bicyclic) bond motifs is 1. The normalized spacial score (nSPS) is 11.1. The second kappa shape index (κ2) is 8.61. The minimum absolute atomic E-state index is 0.00466. The molecule has 3 rings (SSSR count). The molecule has 1 amide bonds. The molecule has 2 aromatic carbocycles. The molecule has 0 saturated heterocycles. The number of hydrogen-bond acceptors (Lipinski definition) is 6. The van der Waals surface area contributed by atoms with Gasteiger partial charge >= 0.3 is 0 Å². The van der Waals surface area contributed by atoms with E-state index in [-0.39, 0.29) is 22.0 Å². The maximum Gasteiger partial charge on any atom is 0.292 e. The fraction of sp³-hybridized carbons (Fsp3) is 0.158. The molecule has 0 radical (unpaired) electrons. The molecular weight excluding hydrogens is 398 g/mol. The first-order valence-corrected chi connectivity index (χ1v) is 9.07. The van der Waals surface area contributed by atoms with Crippen molar-refractivity contribution in [2.45, 2.75) is 19.9 Å². The number of halogens is 1. The van der Waals surface area contributed by atoms with Crippen LogP contribution < -0.4 is 11.0 Å². The molecule has 0 aliphatic rings. The van der Waals surface area contributed by atoms with Gasteiger partial charge in [-0.1, -0.05) is 42.8 Å². The summed E-state index contributed by atoms with van der Waals surface area (Å²) in [6, 6.07) is 10.8. The van der Waals surface area contributed by atoms with Gasteiger partial charge in [-0.15, -0.1) is 0 Å². The van der Waals surface area contributed by atoms with E-state index >= 15 is 0 Å². The number of carbonyl (C=O) groups is 1. The zero-order valence-corrected chi connectivity index (χ0v) is 16.1. The highest BCUT2D eigenvalue weighted by molar-refractivity contribution is 6.32. The minimum atomic E-state index is -0.606. The lowest BCUT2D eigenvalue weighted by Gasteiger charge is -2.09. The third-order valence-electron chi connectivity index (χ3n) is 4.06. The fourth-order valence-corrected chi connectivity index (χ4v) is 2.92. The lowest BCUT2D eigenvalue weighted by atomic mass is 10.1. The molecule has 1 N–H and O–H groups in total. The van der Waals surface area contributed by atoms with E-state index in [0.29, 0.717) is 29.3 Å². The van der Waals surface area contributed by atoms with Gasteiger partial charge in [-0.25, -0.2) is 10.1 Å². The van der Waals surface area contributed by atoms with E-state index in [1.54, 1.807) is 24.3 Å². The van der Waals surface area contributed by atoms with Gasteiger partial charge in [0.2, 0.25) is 0 Å². The number of hydrazone groups is 1. The second-order valence-electron chi connectivity index (χ2n) is 6.09. The Morgan fingerprint density at radius 2 is 2.03 bits per heavy atom. The Morgan fingerprint density at radius 3 is 2.72 bits per heavy atom. The average Bonchev–Trinajstić information content (AvgIpc) is 2.71. The number of amides is 1. The molecule has 148 valence electrons. The van der Waals surface area contributed by atoms with E-state index in [0.717, 1.165) is 0 Å². The van der Waals surface area contributed by atoms with Gasteiger partial charge in [-0.3, -0.25) is 19.7 Å². The van der Waals surface area contributed by atoms with Gasteiger partial charge in [0, 0.05) is 23.6 Å². The Balaban J connectivity index is 1.90. The van der Waals surface area contributed by atoms with Gasteiger partial charge in [0.1, 0.15) is 5.02 Å². The predicted octanol–water partition coefficient (Wildman–Crippen LogP) is 3.13. The number of aromatic nitrogens is 2. The molecule has 0 bridgehead atoms. The summed E-state index contributed by atoms with van der Waals surface area (Å²) >= 11 is 5.77. The molecule has 9 nitrogen and oxygen atoms in total. The van der Waals surface area contributed by atoms with Crippen molar-refractivity contribution in [3.05, 3.63) is 79.2 Å². The summed E-state index contributed by atoms with van der Waals surface area (Å²) in [7, 11) is 0. The molecule has 1 heterocycles. The third kappa shape index (κ3) is 4.30. The van der Waals surface area contributed by atoms with E-state index < -0.39 is 10.8 Å². The van der Waals surface area contributed by atoms with Crippen LogP contribution in [0.2, 0.25) is 5.02 Å². The van der Waals surface area contributed by atoms with Crippen molar-refractivity contribution in [3.8, 4) is 0 Å². The molecule has 10 heteroatoms. The number of nitrogens with one attached hydrogen (secondary N) is 1. The number of carbonyl (C=O) groups excluding carboxylic acids is 1. The van der Waals surface area contributed by atoms with Crippen LogP contribution in [0.1, 0.15) is 29.4 Å². The summed E-state index contributed by atoms with van der Waals surface area (Å²) in [4.78, 5) is 35.4. The van der Waals surface area contributed by atoms with Gasteiger partial charge in [-0.2, -0.15) is 10.2 Å². The second-order valence-corrected chi connectivity index (χ2v) is 6.50. The Morgan fingerprint density at radius 1 is 1.31 bits per heavy atom. The van der Waals surface area contributed by atoms with E-state index in [9.17, 15) is 19.7 Å². The summed E-state index contributed by atoms with van der Waals surface area (Å²) in [6.07, 6.45) is 1.94. The number of aryl methyl sites for hydroxylation is 1. The molecule has 0 unspecified atom stereocenters. The van der Waals surface area contributed by atoms with E-state index in [1.807, 2.05) is 6.92 Å². The van der Waals surface area contributed by atoms with Crippen LogP contribution in [0.4, 0.5) is 5.69 Å². The summed E-state index contributed by atoms with van der Waals surface area (Å²) in [5, 5.41) is 19.8. The van der Waals surface area contributed by atoms with Gasteiger partial charge in [0.15, 0.2) is 5.69 Å². The molecule has 0 atom stereocenters. The monoisotopic (exact) mass is 413 g/mol. The Hall–Kier alpha value is -3.59. The Kier molecular flexibility index (Phi) is 5.99. The largest absolute Gasteiger partial charge is 0.292 e. The highest BCUT2D eigenvalue weighted by Gasteiger charge is 2.16. The Bertz CT molecular complexity index is 1190. The quantitative estimate of drug-likeness (QED) is 0.378. The van der Waals surface area contributed by atoms with Gasteiger partial charge in [0.25, 0.3) is 17.2 Å². The summed E-state index contributed by atoms with van der Waals surface area (Å²) in [5.74, 6) is -0.606. The van der Waals surface area contributed by atoms with E-state index in [4.69, 9.17) is 11.6 Å². The highest BCUT2D eigenvalue weighted by atomic mass is 35.5. The molecule has 1 aromatic heterocycles. The van der Waals surface area contributed by atoms with Crippen molar-refractivity contribution in [1.29, 1.82) is 0 Å². The first-order chi connectivity index (χ1) is 13.9. The van der Waals surface area contributed by atoms with Crippen LogP contribution in [0.25, 0.3) is 10.8 Å². The standard InChI is InChI=1S/C19H16ClN5O4/c1-2-9-24-19(27)14-6-4-3-5-13(14)17(23-24)18(26)22-21-11-12-7-8-15(20)16(10-12)25(28)29/h3-8,10-11H,2,9H2,1H3,(H,22,26)/b21-11-. The van der Waals surface area contributed by atoms with Crippen molar-refractivity contribution in [2.75, 3.05) is 0 Å². The van der Waals surface area contributed by atoms with E-state index in [1.165, 1.54) is 29.1 Å². The van der Waals surface area contributed by atoms with Crippen molar-refractivity contribution >= 4 is 40.2 Å². The van der Waals surface area contributed by atoms with Crippen LogP contribution in [-0.2, 0) is 6.54 Å². The highest BCUT2D eigenvalue weighted by Crippen LogP contribution is 2.24. The molecule has 0 saturated carbocycles. The maximum atomic E-state index is 12.6.